The van der Waals surface area contributed by atoms with Crippen LogP contribution >= 0.6 is 0 Å². The Kier molecular flexibility index (Phi) is 5.68. The Morgan fingerprint density at radius 2 is 1.71 bits per heavy atom. The van der Waals surface area contributed by atoms with Crippen molar-refractivity contribution in [2.45, 2.75) is 20.8 Å². The SMILES string of the molecule is CC(=N\Nc1ccc(C)cc1)/C(=N\O)C(=O)Nc1ccccc1C. The number of oxime groups is 1. The van der Waals surface area contributed by atoms with Crippen molar-refractivity contribution in [3.63, 3.8) is 0 Å². The van der Waals surface area contributed by atoms with Crippen LogP contribution in [-0.2, 0) is 4.79 Å². The fourth-order valence-corrected chi connectivity index (χ4v) is 2.01. The first kappa shape index (κ1) is 17.2. The van der Waals surface area contributed by atoms with Crippen LogP contribution in [-0.4, -0.2) is 22.5 Å². The summed E-state index contributed by atoms with van der Waals surface area (Å²) in [7, 11) is 0. The first-order valence-corrected chi connectivity index (χ1v) is 7.47. The first-order valence-electron chi connectivity index (χ1n) is 7.47. The summed E-state index contributed by atoms with van der Waals surface area (Å²) < 4.78 is 0. The minimum absolute atomic E-state index is 0.155. The third kappa shape index (κ3) is 4.42. The van der Waals surface area contributed by atoms with Crippen LogP contribution in [0.2, 0.25) is 0 Å². The summed E-state index contributed by atoms with van der Waals surface area (Å²) in [4.78, 5) is 12.3. The van der Waals surface area contributed by atoms with Crippen molar-refractivity contribution in [2.75, 3.05) is 10.7 Å². The molecule has 24 heavy (non-hydrogen) atoms. The molecule has 0 aliphatic heterocycles. The number of rotatable bonds is 5. The van der Waals surface area contributed by atoms with Crippen LogP contribution in [0.4, 0.5) is 11.4 Å². The number of carbonyl (C=O) groups excluding carboxylic acids is 1. The monoisotopic (exact) mass is 324 g/mol. The largest absolute Gasteiger partial charge is 0.410 e. The average Bonchev–Trinajstić information content (AvgIpc) is 2.57. The molecule has 3 N–H and O–H groups in total. The number of para-hydroxylation sites is 1. The number of hydrogen-bond donors (Lipinski definition) is 3. The second-order valence-electron chi connectivity index (χ2n) is 5.39. The quantitative estimate of drug-likeness (QED) is 0.446. The zero-order valence-corrected chi connectivity index (χ0v) is 13.9. The van der Waals surface area contributed by atoms with E-state index < -0.39 is 5.91 Å². The lowest BCUT2D eigenvalue weighted by molar-refractivity contribution is -0.110. The van der Waals surface area contributed by atoms with Gasteiger partial charge in [0.05, 0.1) is 11.4 Å². The van der Waals surface area contributed by atoms with E-state index in [2.05, 4.69) is 21.0 Å². The maximum atomic E-state index is 12.3. The number of aryl methyl sites for hydroxylation is 2. The second-order valence-corrected chi connectivity index (χ2v) is 5.39. The van der Waals surface area contributed by atoms with Crippen molar-refractivity contribution in [1.82, 2.24) is 0 Å². The highest BCUT2D eigenvalue weighted by Gasteiger charge is 2.17. The number of benzene rings is 2. The average molecular weight is 324 g/mol. The number of amides is 1. The van der Waals surface area contributed by atoms with Gasteiger partial charge in [0.15, 0.2) is 5.71 Å². The molecule has 0 aromatic heterocycles. The Hall–Kier alpha value is -3.15. The van der Waals surface area contributed by atoms with Crippen molar-refractivity contribution in [2.24, 2.45) is 10.3 Å². The number of anilines is 2. The lowest BCUT2D eigenvalue weighted by Crippen LogP contribution is -2.29. The predicted octanol–water partition coefficient (Wildman–Crippen LogP) is 3.56. The highest BCUT2D eigenvalue weighted by Crippen LogP contribution is 2.13. The van der Waals surface area contributed by atoms with E-state index in [0.717, 1.165) is 16.8 Å². The number of nitrogens with one attached hydrogen (secondary N) is 2. The number of nitrogens with zero attached hydrogens (tertiary/aromatic N) is 2. The minimum atomic E-state index is -0.529. The van der Waals surface area contributed by atoms with Gasteiger partial charge in [0, 0.05) is 5.69 Å². The van der Waals surface area contributed by atoms with Gasteiger partial charge in [-0.25, -0.2) is 0 Å². The minimum Gasteiger partial charge on any atom is -0.410 e. The Balaban J connectivity index is 2.09. The molecular formula is C18H20N4O2. The van der Waals surface area contributed by atoms with Crippen molar-refractivity contribution < 1.29 is 10.0 Å². The summed E-state index contributed by atoms with van der Waals surface area (Å²) in [5.41, 5.74) is 6.42. The van der Waals surface area contributed by atoms with Gasteiger partial charge in [-0.15, -0.1) is 0 Å². The highest BCUT2D eigenvalue weighted by molar-refractivity contribution is 6.68. The Morgan fingerprint density at radius 3 is 2.33 bits per heavy atom. The molecule has 2 aromatic carbocycles. The molecule has 0 atom stereocenters. The van der Waals surface area contributed by atoms with Crippen LogP contribution in [0.1, 0.15) is 18.1 Å². The molecule has 0 spiro atoms. The Labute approximate surface area is 140 Å². The molecule has 2 aromatic rings. The molecule has 6 nitrogen and oxygen atoms in total. The molecule has 2 rings (SSSR count). The third-order valence-electron chi connectivity index (χ3n) is 3.46. The van der Waals surface area contributed by atoms with Crippen molar-refractivity contribution in [3.8, 4) is 0 Å². The molecule has 0 saturated heterocycles. The highest BCUT2D eigenvalue weighted by atomic mass is 16.4. The third-order valence-corrected chi connectivity index (χ3v) is 3.46. The van der Waals surface area contributed by atoms with E-state index in [4.69, 9.17) is 5.21 Å². The molecule has 124 valence electrons. The molecule has 1 amide bonds. The van der Waals surface area contributed by atoms with E-state index in [0.29, 0.717) is 5.69 Å². The number of carbonyl (C=O) groups is 1. The summed E-state index contributed by atoms with van der Waals surface area (Å²) in [6, 6.07) is 15.0. The van der Waals surface area contributed by atoms with Crippen LogP contribution in [0.5, 0.6) is 0 Å². The van der Waals surface area contributed by atoms with Crippen LogP contribution in [0.15, 0.2) is 58.8 Å². The summed E-state index contributed by atoms with van der Waals surface area (Å²) >= 11 is 0. The van der Waals surface area contributed by atoms with Crippen LogP contribution in [0.3, 0.4) is 0 Å². The lowest BCUT2D eigenvalue weighted by Gasteiger charge is -2.09. The van der Waals surface area contributed by atoms with Gasteiger partial charge in [0.25, 0.3) is 5.91 Å². The number of hydrogen-bond acceptors (Lipinski definition) is 5. The Bertz CT molecular complexity index is 780. The molecular weight excluding hydrogens is 304 g/mol. The molecule has 0 saturated carbocycles. The maximum absolute atomic E-state index is 12.3. The molecule has 0 radical (unpaired) electrons. The van der Waals surface area contributed by atoms with Gasteiger partial charge in [-0.2, -0.15) is 5.10 Å². The Morgan fingerprint density at radius 1 is 1.04 bits per heavy atom. The molecule has 0 unspecified atom stereocenters. The van der Waals surface area contributed by atoms with Crippen LogP contribution in [0.25, 0.3) is 0 Å². The molecule has 0 aliphatic carbocycles. The summed E-state index contributed by atoms with van der Waals surface area (Å²) in [6.07, 6.45) is 0. The van der Waals surface area contributed by atoms with Gasteiger partial charge in [-0.3, -0.25) is 10.2 Å². The molecule has 0 fully saturated rings. The number of hydrazone groups is 1. The fourth-order valence-electron chi connectivity index (χ4n) is 2.01. The fraction of sp³-hybridized carbons (Fsp3) is 0.167. The molecule has 0 bridgehead atoms. The smallest absolute Gasteiger partial charge is 0.279 e. The molecule has 0 aliphatic rings. The second kappa shape index (κ2) is 7.92. The maximum Gasteiger partial charge on any atom is 0.279 e. The van der Waals surface area contributed by atoms with E-state index in [1.807, 2.05) is 56.3 Å². The van der Waals surface area contributed by atoms with E-state index in [1.54, 1.807) is 13.0 Å². The van der Waals surface area contributed by atoms with Gasteiger partial charge in [0.2, 0.25) is 0 Å². The zero-order chi connectivity index (χ0) is 17.5. The lowest BCUT2D eigenvalue weighted by atomic mass is 10.2. The van der Waals surface area contributed by atoms with Crippen molar-refractivity contribution in [3.05, 3.63) is 59.7 Å². The molecule has 0 heterocycles. The van der Waals surface area contributed by atoms with Crippen molar-refractivity contribution >= 4 is 28.7 Å². The molecule has 6 heteroatoms. The summed E-state index contributed by atoms with van der Waals surface area (Å²) in [6.45, 7) is 5.46. The van der Waals surface area contributed by atoms with E-state index >= 15 is 0 Å². The standard InChI is InChI=1S/C18H20N4O2/c1-12-8-10-15(11-9-12)21-20-14(3)17(22-24)18(23)19-16-7-5-4-6-13(16)2/h4-11,21,24H,1-3H3,(H,19,23)/b20-14+,22-17+. The van der Waals surface area contributed by atoms with Gasteiger partial charge < -0.3 is 10.5 Å². The summed E-state index contributed by atoms with van der Waals surface area (Å²) in [5, 5.41) is 19.0. The normalized spacial score (nSPS) is 12.0. The topological polar surface area (TPSA) is 86.1 Å². The van der Waals surface area contributed by atoms with Gasteiger partial charge in [0.1, 0.15) is 0 Å². The van der Waals surface area contributed by atoms with Gasteiger partial charge in [-0.05, 0) is 44.5 Å². The first-order chi connectivity index (χ1) is 11.5. The predicted molar refractivity (Wildman–Crippen MR) is 96.9 cm³/mol. The summed E-state index contributed by atoms with van der Waals surface area (Å²) in [5.74, 6) is -0.529. The van der Waals surface area contributed by atoms with E-state index in [-0.39, 0.29) is 11.4 Å². The van der Waals surface area contributed by atoms with Crippen LogP contribution < -0.4 is 10.7 Å². The van der Waals surface area contributed by atoms with Crippen LogP contribution in [0, 0.1) is 13.8 Å². The van der Waals surface area contributed by atoms with Gasteiger partial charge in [-0.1, -0.05) is 41.1 Å². The van der Waals surface area contributed by atoms with E-state index in [1.165, 1.54) is 0 Å². The zero-order valence-electron chi connectivity index (χ0n) is 13.9. The van der Waals surface area contributed by atoms with Crippen molar-refractivity contribution in [1.29, 1.82) is 0 Å². The van der Waals surface area contributed by atoms with Gasteiger partial charge >= 0.3 is 0 Å². The van der Waals surface area contributed by atoms with E-state index in [9.17, 15) is 4.79 Å².